The summed E-state index contributed by atoms with van der Waals surface area (Å²) >= 11 is 22.8. The molecule has 0 fully saturated rings. The summed E-state index contributed by atoms with van der Waals surface area (Å²) in [5, 5.41) is 19.0. The lowest BCUT2D eigenvalue weighted by molar-refractivity contribution is -0.255. The molecule has 0 aliphatic carbocycles. The van der Waals surface area contributed by atoms with Crippen molar-refractivity contribution in [2.75, 3.05) is 5.32 Å². The average molecular weight is 440 g/mol. The SMILES string of the molecule is CCCCCC(=O)N[C@H](NC(=S)Nc1cccc(C(=O)[O-])c1)C(Cl)(Cl)Cl. The van der Waals surface area contributed by atoms with Crippen LogP contribution in [0.1, 0.15) is 43.0 Å². The molecule has 0 radical (unpaired) electrons. The molecule has 26 heavy (non-hydrogen) atoms. The fourth-order valence-corrected chi connectivity index (χ4v) is 2.55. The smallest absolute Gasteiger partial charge is 0.228 e. The summed E-state index contributed by atoms with van der Waals surface area (Å²) in [6.45, 7) is 2.03. The number of carboxylic acids is 1. The highest BCUT2D eigenvalue weighted by atomic mass is 35.6. The monoisotopic (exact) mass is 438 g/mol. The van der Waals surface area contributed by atoms with Gasteiger partial charge in [0.2, 0.25) is 9.70 Å². The Bertz CT molecular complexity index is 653. The molecular weight excluding hydrogens is 421 g/mol. The molecule has 0 aromatic heterocycles. The number of carbonyl (C=O) groups excluding carboxylic acids is 2. The van der Waals surface area contributed by atoms with Gasteiger partial charge in [-0.25, -0.2) is 0 Å². The number of carbonyl (C=O) groups is 2. The zero-order chi connectivity index (χ0) is 19.7. The van der Waals surface area contributed by atoms with Gasteiger partial charge in [-0.05, 0) is 36.3 Å². The Morgan fingerprint density at radius 1 is 1.23 bits per heavy atom. The number of rotatable bonds is 8. The third-order valence-electron chi connectivity index (χ3n) is 3.27. The molecule has 0 spiro atoms. The van der Waals surface area contributed by atoms with Crippen LogP contribution in [0, 0.1) is 0 Å². The van der Waals surface area contributed by atoms with Crippen LogP contribution in [-0.2, 0) is 4.79 Å². The molecule has 1 aromatic carbocycles. The van der Waals surface area contributed by atoms with Gasteiger partial charge in [0.15, 0.2) is 5.11 Å². The standard InChI is InChI=1S/C16H20Cl3N3O3S/c1-2-3-4-8-12(23)21-14(16(17,18)19)22-15(26)20-11-7-5-6-10(9-11)13(24)25/h5-7,9,14H,2-4,8H2,1H3,(H,21,23)(H,24,25)(H2,20,22,26)/p-1/t14-/m1/s1. The maximum atomic E-state index is 12.0. The molecule has 1 aromatic rings. The predicted octanol–water partition coefficient (Wildman–Crippen LogP) is 2.73. The van der Waals surface area contributed by atoms with Gasteiger partial charge in [-0.1, -0.05) is 66.7 Å². The van der Waals surface area contributed by atoms with Gasteiger partial charge in [0, 0.05) is 12.1 Å². The van der Waals surface area contributed by atoms with Crippen molar-refractivity contribution in [3.8, 4) is 0 Å². The van der Waals surface area contributed by atoms with E-state index < -0.39 is 15.9 Å². The number of amides is 1. The van der Waals surface area contributed by atoms with Crippen LogP contribution < -0.4 is 21.1 Å². The Kier molecular flexibility index (Phi) is 9.43. The van der Waals surface area contributed by atoms with Crippen LogP contribution in [-0.4, -0.2) is 26.9 Å². The molecule has 0 saturated carbocycles. The van der Waals surface area contributed by atoms with Crippen LogP contribution in [0.3, 0.4) is 0 Å². The summed E-state index contributed by atoms with van der Waals surface area (Å²) in [6.07, 6.45) is 1.88. The highest BCUT2D eigenvalue weighted by Crippen LogP contribution is 2.29. The van der Waals surface area contributed by atoms with Crippen molar-refractivity contribution in [2.24, 2.45) is 0 Å². The number of hydrogen-bond donors (Lipinski definition) is 3. The quantitative estimate of drug-likeness (QED) is 0.250. The lowest BCUT2D eigenvalue weighted by Crippen LogP contribution is -2.56. The topological polar surface area (TPSA) is 93.3 Å². The molecule has 0 unspecified atom stereocenters. The molecule has 1 atom stereocenters. The lowest BCUT2D eigenvalue weighted by atomic mass is 10.2. The van der Waals surface area contributed by atoms with Crippen molar-refractivity contribution >= 4 is 69.7 Å². The average Bonchev–Trinajstić information content (AvgIpc) is 2.53. The molecule has 1 rings (SSSR count). The Labute approximate surface area is 172 Å². The van der Waals surface area contributed by atoms with Crippen molar-refractivity contribution in [2.45, 2.75) is 42.6 Å². The van der Waals surface area contributed by atoms with Gasteiger partial charge in [-0.3, -0.25) is 4.79 Å². The number of anilines is 1. The second-order valence-electron chi connectivity index (χ2n) is 5.47. The number of alkyl halides is 3. The number of thiocarbonyl (C=S) groups is 1. The molecule has 0 aliphatic rings. The van der Waals surface area contributed by atoms with Crippen molar-refractivity contribution in [1.29, 1.82) is 0 Å². The Balaban J connectivity index is 2.70. The van der Waals surface area contributed by atoms with Crippen molar-refractivity contribution < 1.29 is 14.7 Å². The van der Waals surface area contributed by atoms with E-state index in [0.717, 1.165) is 19.3 Å². The van der Waals surface area contributed by atoms with E-state index in [1.807, 2.05) is 6.92 Å². The zero-order valence-corrected chi connectivity index (χ0v) is 17.1. The van der Waals surface area contributed by atoms with Gasteiger partial charge < -0.3 is 25.9 Å². The largest absolute Gasteiger partial charge is 0.545 e. The van der Waals surface area contributed by atoms with E-state index >= 15 is 0 Å². The molecular formula is C16H19Cl3N3O3S-. The van der Waals surface area contributed by atoms with E-state index in [-0.39, 0.29) is 16.6 Å². The number of nitrogens with one attached hydrogen (secondary N) is 3. The van der Waals surface area contributed by atoms with Gasteiger partial charge in [-0.15, -0.1) is 0 Å². The van der Waals surface area contributed by atoms with E-state index in [1.54, 1.807) is 6.07 Å². The Morgan fingerprint density at radius 3 is 2.50 bits per heavy atom. The Hall–Kier alpha value is -1.28. The highest BCUT2D eigenvalue weighted by Gasteiger charge is 2.34. The first-order chi connectivity index (χ1) is 12.1. The van der Waals surface area contributed by atoms with Crippen molar-refractivity contribution in [1.82, 2.24) is 10.6 Å². The van der Waals surface area contributed by atoms with Crippen LogP contribution in [0.25, 0.3) is 0 Å². The van der Waals surface area contributed by atoms with Gasteiger partial charge in [0.05, 0.1) is 5.97 Å². The van der Waals surface area contributed by atoms with Crippen LogP contribution >= 0.6 is 47.0 Å². The minimum Gasteiger partial charge on any atom is -0.545 e. The van der Waals surface area contributed by atoms with E-state index in [1.165, 1.54) is 18.2 Å². The summed E-state index contributed by atoms with van der Waals surface area (Å²) < 4.78 is -1.85. The maximum Gasteiger partial charge on any atom is 0.228 e. The normalized spacial score (nSPS) is 12.2. The number of aromatic carboxylic acids is 1. The van der Waals surface area contributed by atoms with Crippen LogP contribution in [0.5, 0.6) is 0 Å². The summed E-state index contributed by atoms with van der Waals surface area (Å²) in [7, 11) is 0. The number of carboxylic acid groups (broad SMARTS) is 1. The summed E-state index contributed by atoms with van der Waals surface area (Å²) in [5.41, 5.74) is 0.390. The first kappa shape index (κ1) is 22.8. The molecule has 0 bridgehead atoms. The molecule has 1 amide bonds. The van der Waals surface area contributed by atoms with E-state index in [0.29, 0.717) is 12.1 Å². The van der Waals surface area contributed by atoms with E-state index in [9.17, 15) is 14.7 Å². The van der Waals surface area contributed by atoms with Crippen LogP contribution in [0.4, 0.5) is 5.69 Å². The van der Waals surface area contributed by atoms with Crippen molar-refractivity contribution in [3.63, 3.8) is 0 Å². The first-order valence-electron chi connectivity index (χ1n) is 7.88. The molecule has 0 saturated heterocycles. The summed E-state index contributed by atoms with van der Waals surface area (Å²) in [4.78, 5) is 22.9. The van der Waals surface area contributed by atoms with Crippen LogP contribution in [0.15, 0.2) is 24.3 Å². The van der Waals surface area contributed by atoms with Gasteiger partial charge in [0.25, 0.3) is 0 Å². The molecule has 0 heterocycles. The molecule has 10 heteroatoms. The molecule has 6 nitrogen and oxygen atoms in total. The van der Waals surface area contributed by atoms with Gasteiger partial charge in [0.1, 0.15) is 6.17 Å². The first-order valence-corrected chi connectivity index (χ1v) is 9.42. The predicted molar refractivity (Wildman–Crippen MR) is 106 cm³/mol. The minimum absolute atomic E-state index is 0.0139. The van der Waals surface area contributed by atoms with Crippen LogP contribution in [0.2, 0.25) is 0 Å². The van der Waals surface area contributed by atoms with E-state index in [4.69, 9.17) is 47.0 Å². The summed E-state index contributed by atoms with van der Waals surface area (Å²) in [5.74, 6) is -1.59. The number of unbranched alkanes of at least 4 members (excludes halogenated alkanes) is 2. The molecule has 3 N–H and O–H groups in total. The zero-order valence-electron chi connectivity index (χ0n) is 14.0. The maximum absolute atomic E-state index is 12.0. The molecule has 0 aliphatic heterocycles. The second-order valence-corrected chi connectivity index (χ2v) is 8.24. The highest BCUT2D eigenvalue weighted by molar-refractivity contribution is 7.80. The minimum atomic E-state index is -1.85. The number of benzene rings is 1. The van der Waals surface area contributed by atoms with E-state index in [2.05, 4.69) is 16.0 Å². The van der Waals surface area contributed by atoms with Gasteiger partial charge in [-0.2, -0.15) is 0 Å². The van der Waals surface area contributed by atoms with Gasteiger partial charge >= 0.3 is 0 Å². The third-order valence-corrected chi connectivity index (χ3v) is 4.15. The summed E-state index contributed by atoms with van der Waals surface area (Å²) in [6, 6.07) is 5.86. The lowest BCUT2D eigenvalue weighted by Gasteiger charge is -2.28. The van der Waals surface area contributed by atoms with Crippen molar-refractivity contribution in [3.05, 3.63) is 29.8 Å². The third kappa shape index (κ3) is 8.40. The number of halogens is 3. The second kappa shape index (κ2) is 10.8. The molecule has 144 valence electrons. The Morgan fingerprint density at radius 2 is 1.92 bits per heavy atom. The fraction of sp³-hybridized carbons (Fsp3) is 0.438. The fourth-order valence-electron chi connectivity index (χ4n) is 1.99. The number of hydrogen-bond acceptors (Lipinski definition) is 4.